The fourth-order valence-corrected chi connectivity index (χ4v) is 5.70. The van der Waals surface area contributed by atoms with Crippen molar-refractivity contribution in [3.8, 4) is 5.75 Å². The lowest BCUT2D eigenvalue weighted by atomic mass is 10.0. The second-order valence-electron chi connectivity index (χ2n) is 7.82. The van der Waals surface area contributed by atoms with Crippen LogP contribution in [0.2, 0.25) is 0 Å². The summed E-state index contributed by atoms with van der Waals surface area (Å²) >= 11 is 0. The lowest BCUT2D eigenvalue weighted by Gasteiger charge is -2.30. The molecule has 0 aromatic heterocycles. The Hall–Kier alpha value is -2.38. The molecule has 30 heavy (non-hydrogen) atoms. The molecule has 2 aromatic rings. The maximum atomic E-state index is 12.9. The van der Waals surface area contributed by atoms with E-state index < -0.39 is 10.0 Å². The Labute approximate surface area is 178 Å². The van der Waals surface area contributed by atoms with Crippen molar-refractivity contribution in [1.82, 2.24) is 4.31 Å². The summed E-state index contributed by atoms with van der Waals surface area (Å²) in [6.45, 7) is 2.34. The maximum absolute atomic E-state index is 12.9. The first kappa shape index (κ1) is 20.9. The largest absolute Gasteiger partial charge is 0.494 e. The van der Waals surface area contributed by atoms with E-state index in [2.05, 4.69) is 0 Å². The van der Waals surface area contributed by atoms with Crippen molar-refractivity contribution in [2.24, 2.45) is 0 Å². The summed E-state index contributed by atoms with van der Waals surface area (Å²) in [7, 11) is -3.44. The zero-order valence-corrected chi connectivity index (χ0v) is 17.9. The van der Waals surface area contributed by atoms with Crippen LogP contribution in [-0.2, 0) is 21.2 Å². The standard InChI is InChI=1S/C23H28N2O4S/c26-23(11-7-17-29-20-9-2-1-3-10-20)25-16-6-8-19-18-21(12-13-22(19)25)30(27,28)24-14-4-5-15-24/h1-3,9-10,12-13,18H,4-8,11,14-17H2. The fraction of sp³-hybridized carbons (Fsp3) is 0.435. The average molecular weight is 429 g/mol. The van der Waals surface area contributed by atoms with Crippen LogP contribution in [0.25, 0.3) is 0 Å². The van der Waals surface area contributed by atoms with E-state index in [1.54, 1.807) is 27.4 Å². The first-order chi connectivity index (χ1) is 14.6. The Bertz CT molecular complexity index is 986. The highest BCUT2D eigenvalue weighted by Crippen LogP contribution is 2.31. The minimum atomic E-state index is -3.44. The van der Waals surface area contributed by atoms with Gasteiger partial charge in [0.05, 0.1) is 11.5 Å². The van der Waals surface area contributed by atoms with E-state index >= 15 is 0 Å². The third-order valence-electron chi connectivity index (χ3n) is 5.72. The summed E-state index contributed by atoms with van der Waals surface area (Å²) < 4.78 is 33.0. The molecule has 0 radical (unpaired) electrons. The van der Waals surface area contributed by atoms with Crippen molar-refractivity contribution in [3.05, 3.63) is 54.1 Å². The van der Waals surface area contributed by atoms with E-state index in [9.17, 15) is 13.2 Å². The van der Waals surface area contributed by atoms with Gasteiger partial charge in [-0.25, -0.2) is 8.42 Å². The molecule has 0 unspecified atom stereocenters. The molecule has 0 aliphatic carbocycles. The predicted octanol–water partition coefficient (Wildman–Crippen LogP) is 3.61. The molecule has 1 fully saturated rings. The number of anilines is 1. The highest BCUT2D eigenvalue weighted by atomic mass is 32.2. The van der Waals surface area contributed by atoms with Crippen LogP contribution in [0.5, 0.6) is 5.75 Å². The van der Waals surface area contributed by atoms with Gasteiger partial charge in [0.15, 0.2) is 0 Å². The monoisotopic (exact) mass is 428 g/mol. The molecule has 0 spiro atoms. The molecule has 160 valence electrons. The number of benzene rings is 2. The number of rotatable bonds is 7. The van der Waals surface area contributed by atoms with E-state index in [0.717, 1.165) is 42.7 Å². The van der Waals surface area contributed by atoms with Gasteiger partial charge >= 0.3 is 0 Å². The molecule has 7 heteroatoms. The summed E-state index contributed by atoms with van der Waals surface area (Å²) in [6.07, 6.45) is 4.51. The Balaban J connectivity index is 1.40. The third kappa shape index (κ3) is 4.52. The van der Waals surface area contributed by atoms with Crippen LogP contribution < -0.4 is 9.64 Å². The van der Waals surface area contributed by atoms with Crippen LogP contribution in [-0.4, -0.2) is 44.9 Å². The van der Waals surface area contributed by atoms with E-state index in [0.29, 0.717) is 44.0 Å². The normalized spacial score (nSPS) is 17.0. The van der Waals surface area contributed by atoms with Crippen molar-refractivity contribution in [2.75, 3.05) is 31.1 Å². The van der Waals surface area contributed by atoms with Gasteiger partial charge in [0.25, 0.3) is 0 Å². The minimum absolute atomic E-state index is 0.0581. The second kappa shape index (κ2) is 9.18. The SMILES string of the molecule is O=C(CCCOc1ccccc1)N1CCCc2cc(S(=O)(=O)N3CCCC3)ccc21. The minimum Gasteiger partial charge on any atom is -0.494 e. The van der Waals surface area contributed by atoms with Gasteiger partial charge < -0.3 is 9.64 Å². The molecule has 0 bridgehead atoms. The van der Waals surface area contributed by atoms with E-state index in [1.807, 2.05) is 30.3 Å². The molecular weight excluding hydrogens is 400 g/mol. The van der Waals surface area contributed by atoms with Gasteiger partial charge in [0.2, 0.25) is 15.9 Å². The Kier molecular flexibility index (Phi) is 6.39. The van der Waals surface area contributed by atoms with Crippen molar-refractivity contribution in [1.29, 1.82) is 0 Å². The Morgan fingerprint density at radius 3 is 2.50 bits per heavy atom. The average Bonchev–Trinajstić information content (AvgIpc) is 3.32. The van der Waals surface area contributed by atoms with Crippen LogP contribution in [0.3, 0.4) is 0 Å². The molecule has 0 saturated carbocycles. The fourth-order valence-electron chi connectivity index (χ4n) is 4.14. The number of carbonyl (C=O) groups excluding carboxylic acids is 1. The van der Waals surface area contributed by atoms with Crippen molar-refractivity contribution in [2.45, 2.75) is 43.4 Å². The van der Waals surface area contributed by atoms with E-state index in [-0.39, 0.29) is 5.91 Å². The van der Waals surface area contributed by atoms with Crippen molar-refractivity contribution >= 4 is 21.6 Å². The molecule has 0 atom stereocenters. The van der Waals surface area contributed by atoms with Crippen molar-refractivity contribution in [3.63, 3.8) is 0 Å². The Morgan fingerprint density at radius 2 is 1.73 bits per heavy atom. The van der Waals surface area contributed by atoms with Crippen LogP contribution >= 0.6 is 0 Å². The molecule has 1 amide bonds. The highest BCUT2D eigenvalue weighted by molar-refractivity contribution is 7.89. The zero-order chi connectivity index (χ0) is 21.0. The van der Waals surface area contributed by atoms with Crippen LogP contribution in [0, 0.1) is 0 Å². The van der Waals surface area contributed by atoms with Crippen molar-refractivity contribution < 1.29 is 17.9 Å². The molecule has 2 aliphatic rings. The number of amides is 1. The summed E-state index contributed by atoms with van der Waals surface area (Å²) in [5, 5.41) is 0. The van der Waals surface area contributed by atoms with Gasteiger partial charge in [0.1, 0.15) is 5.75 Å². The second-order valence-corrected chi connectivity index (χ2v) is 9.75. The summed E-state index contributed by atoms with van der Waals surface area (Å²) in [6, 6.07) is 14.8. The lowest BCUT2D eigenvalue weighted by molar-refractivity contribution is -0.118. The Morgan fingerprint density at radius 1 is 0.967 bits per heavy atom. The topological polar surface area (TPSA) is 66.9 Å². The van der Waals surface area contributed by atoms with Crippen LogP contribution in [0.15, 0.2) is 53.4 Å². The molecule has 6 nitrogen and oxygen atoms in total. The molecule has 2 heterocycles. The number of fused-ring (bicyclic) bond motifs is 1. The molecule has 2 aromatic carbocycles. The number of hydrogen-bond donors (Lipinski definition) is 0. The molecule has 0 N–H and O–H groups in total. The first-order valence-corrected chi connectivity index (χ1v) is 12.1. The zero-order valence-electron chi connectivity index (χ0n) is 17.1. The maximum Gasteiger partial charge on any atom is 0.243 e. The molecule has 1 saturated heterocycles. The smallest absolute Gasteiger partial charge is 0.243 e. The van der Waals surface area contributed by atoms with Gasteiger partial charge in [-0.2, -0.15) is 4.31 Å². The molecular formula is C23H28N2O4S. The third-order valence-corrected chi connectivity index (χ3v) is 7.62. The van der Waals surface area contributed by atoms with Gasteiger partial charge in [-0.15, -0.1) is 0 Å². The molecule has 4 rings (SSSR count). The number of sulfonamides is 1. The first-order valence-electron chi connectivity index (χ1n) is 10.7. The van der Waals surface area contributed by atoms with E-state index in [4.69, 9.17) is 4.74 Å². The number of carbonyl (C=O) groups is 1. The van der Waals surface area contributed by atoms with Crippen LogP contribution in [0.1, 0.15) is 37.7 Å². The molecule has 2 aliphatic heterocycles. The van der Waals surface area contributed by atoms with Gasteiger partial charge in [-0.3, -0.25) is 4.79 Å². The lowest BCUT2D eigenvalue weighted by Crippen LogP contribution is -2.36. The number of hydrogen-bond acceptors (Lipinski definition) is 4. The van der Waals surface area contributed by atoms with Gasteiger partial charge in [-0.05, 0) is 68.0 Å². The quantitative estimate of drug-likeness (QED) is 0.632. The predicted molar refractivity (Wildman–Crippen MR) is 116 cm³/mol. The number of nitrogens with zero attached hydrogens (tertiary/aromatic N) is 2. The summed E-state index contributed by atoms with van der Waals surface area (Å²) in [4.78, 5) is 14.9. The summed E-state index contributed by atoms with van der Waals surface area (Å²) in [5.41, 5.74) is 1.78. The van der Waals surface area contributed by atoms with Gasteiger partial charge in [0, 0.05) is 31.7 Å². The highest BCUT2D eigenvalue weighted by Gasteiger charge is 2.29. The van der Waals surface area contributed by atoms with E-state index in [1.165, 1.54) is 0 Å². The van der Waals surface area contributed by atoms with Gasteiger partial charge in [-0.1, -0.05) is 18.2 Å². The number of aryl methyl sites for hydroxylation is 1. The number of ether oxygens (including phenoxy) is 1. The summed E-state index contributed by atoms with van der Waals surface area (Å²) in [5.74, 6) is 0.864. The number of para-hydroxylation sites is 1. The van der Waals surface area contributed by atoms with Crippen LogP contribution in [0.4, 0.5) is 5.69 Å².